The summed E-state index contributed by atoms with van der Waals surface area (Å²) in [4.78, 5) is 23.7. The predicted octanol–water partition coefficient (Wildman–Crippen LogP) is 4.00. The van der Waals surface area contributed by atoms with Gasteiger partial charge in [-0.1, -0.05) is 48.0 Å². The average Bonchev–Trinajstić information content (AvgIpc) is 2.79. The minimum absolute atomic E-state index is 0.000141. The number of nitrogens with two attached hydrogens (primary N) is 1. The van der Waals surface area contributed by atoms with Gasteiger partial charge in [-0.05, 0) is 48.0 Å². The SMILES string of the molecule is C=CCN(c1ccccc1Cl)S(=O)(=O)c1cccc(C(=O)Nc2ccc(CC(N)=O)cc2)c1. The fraction of sp³-hybridized carbons (Fsp3) is 0.0833. The topological polar surface area (TPSA) is 110 Å². The van der Waals surface area contributed by atoms with Crippen LogP contribution in [0, 0.1) is 0 Å². The molecule has 0 atom stereocenters. The van der Waals surface area contributed by atoms with Crippen molar-refractivity contribution in [2.75, 3.05) is 16.2 Å². The maximum Gasteiger partial charge on any atom is 0.264 e. The summed E-state index contributed by atoms with van der Waals surface area (Å²) in [6, 6.07) is 19.0. The molecule has 0 spiro atoms. The lowest BCUT2D eigenvalue weighted by atomic mass is 10.1. The number of anilines is 2. The lowest BCUT2D eigenvalue weighted by Gasteiger charge is -2.24. The molecular formula is C24H22ClN3O4S. The van der Waals surface area contributed by atoms with Crippen LogP contribution in [0.3, 0.4) is 0 Å². The van der Waals surface area contributed by atoms with Gasteiger partial charge in [0.2, 0.25) is 5.91 Å². The second kappa shape index (κ2) is 10.3. The van der Waals surface area contributed by atoms with Crippen LogP contribution in [0.15, 0.2) is 90.3 Å². The molecule has 0 aromatic heterocycles. The summed E-state index contributed by atoms with van der Waals surface area (Å²) in [6.45, 7) is 3.64. The molecule has 0 aliphatic heterocycles. The summed E-state index contributed by atoms with van der Waals surface area (Å²) in [5.41, 5.74) is 6.86. The normalized spacial score (nSPS) is 10.9. The van der Waals surface area contributed by atoms with E-state index >= 15 is 0 Å². The number of sulfonamides is 1. The molecule has 0 aliphatic rings. The van der Waals surface area contributed by atoms with Crippen molar-refractivity contribution in [3.8, 4) is 0 Å². The fourth-order valence-electron chi connectivity index (χ4n) is 3.13. The molecule has 0 saturated carbocycles. The molecule has 170 valence electrons. The third-order valence-corrected chi connectivity index (χ3v) is 6.79. The average molecular weight is 484 g/mol. The van der Waals surface area contributed by atoms with E-state index in [1.165, 1.54) is 30.3 Å². The molecule has 0 fully saturated rings. The molecule has 0 saturated heterocycles. The molecule has 0 aliphatic carbocycles. The largest absolute Gasteiger partial charge is 0.369 e. The minimum atomic E-state index is -4.03. The van der Waals surface area contributed by atoms with Gasteiger partial charge < -0.3 is 11.1 Å². The van der Waals surface area contributed by atoms with Crippen molar-refractivity contribution in [2.45, 2.75) is 11.3 Å². The molecule has 3 aromatic carbocycles. The van der Waals surface area contributed by atoms with Crippen LogP contribution in [-0.4, -0.2) is 26.8 Å². The lowest BCUT2D eigenvalue weighted by molar-refractivity contribution is -0.117. The molecule has 2 amide bonds. The minimum Gasteiger partial charge on any atom is -0.369 e. The summed E-state index contributed by atoms with van der Waals surface area (Å²) < 4.78 is 27.9. The molecule has 0 heterocycles. The van der Waals surface area contributed by atoms with E-state index in [9.17, 15) is 18.0 Å². The van der Waals surface area contributed by atoms with Crippen molar-refractivity contribution in [1.82, 2.24) is 0 Å². The van der Waals surface area contributed by atoms with E-state index in [-0.39, 0.29) is 28.4 Å². The Bertz CT molecular complexity index is 1290. The van der Waals surface area contributed by atoms with Gasteiger partial charge in [0.05, 0.1) is 28.6 Å². The van der Waals surface area contributed by atoms with Gasteiger partial charge in [-0.2, -0.15) is 0 Å². The number of hydrogen-bond acceptors (Lipinski definition) is 4. The smallest absolute Gasteiger partial charge is 0.264 e. The highest BCUT2D eigenvalue weighted by molar-refractivity contribution is 7.92. The Morgan fingerprint density at radius 2 is 1.73 bits per heavy atom. The summed E-state index contributed by atoms with van der Waals surface area (Å²) in [6.07, 6.45) is 1.56. The van der Waals surface area contributed by atoms with Crippen molar-refractivity contribution in [3.05, 3.63) is 102 Å². The molecule has 0 radical (unpaired) electrons. The molecule has 7 nitrogen and oxygen atoms in total. The summed E-state index contributed by atoms with van der Waals surface area (Å²) in [5.74, 6) is -0.935. The van der Waals surface area contributed by atoms with Gasteiger partial charge in [0.25, 0.3) is 15.9 Å². The Kier molecular flexibility index (Phi) is 7.52. The highest BCUT2D eigenvalue weighted by Gasteiger charge is 2.26. The van der Waals surface area contributed by atoms with Crippen LogP contribution in [0.25, 0.3) is 0 Å². The molecule has 33 heavy (non-hydrogen) atoms. The highest BCUT2D eigenvalue weighted by Crippen LogP contribution is 2.30. The number of carbonyl (C=O) groups excluding carboxylic acids is 2. The number of primary amides is 1. The van der Waals surface area contributed by atoms with E-state index in [0.717, 1.165) is 9.87 Å². The first-order valence-electron chi connectivity index (χ1n) is 9.89. The number of benzene rings is 3. The molecule has 3 rings (SSSR count). The summed E-state index contributed by atoms with van der Waals surface area (Å²) in [7, 11) is -4.03. The Morgan fingerprint density at radius 3 is 2.36 bits per heavy atom. The Labute approximate surface area is 197 Å². The van der Waals surface area contributed by atoms with E-state index < -0.39 is 21.8 Å². The van der Waals surface area contributed by atoms with Crippen LogP contribution >= 0.6 is 11.6 Å². The van der Waals surface area contributed by atoms with Gasteiger partial charge in [-0.15, -0.1) is 6.58 Å². The predicted molar refractivity (Wildman–Crippen MR) is 130 cm³/mol. The second-order valence-electron chi connectivity index (χ2n) is 7.10. The van der Waals surface area contributed by atoms with Crippen LogP contribution < -0.4 is 15.4 Å². The van der Waals surface area contributed by atoms with Gasteiger partial charge >= 0.3 is 0 Å². The molecule has 9 heteroatoms. The molecule has 3 N–H and O–H groups in total. The van der Waals surface area contributed by atoms with Gasteiger partial charge in [0, 0.05) is 11.3 Å². The zero-order chi connectivity index (χ0) is 24.0. The zero-order valence-corrected chi connectivity index (χ0v) is 19.1. The molecule has 0 bridgehead atoms. The quantitative estimate of drug-likeness (QED) is 0.448. The number of amides is 2. The molecular weight excluding hydrogens is 462 g/mol. The van der Waals surface area contributed by atoms with E-state index in [1.807, 2.05) is 0 Å². The molecule has 3 aromatic rings. The van der Waals surface area contributed by atoms with Crippen molar-refractivity contribution in [2.24, 2.45) is 5.73 Å². The first-order valence-corrected chi connectivity index (χ1v) is 11.7. The van der Waals surface area contributed by atoms with Gasteiger partial charge in [0.15, 0.2) is 0 Å². The number of hydrogen-bond donors (Lipinski definition) is 2. The maximum atomic E-state index is 13.4. The summed E-state index contributed by atoms with van der Waals surface area (Å²) in [5, 5.41) is 2.99. The third-order valence-electron chi connectivity index (χ3n) is 4.69. The van der Waals surface area contributed by atoms with Gasteiger partial charge in [-0.3, -0.25) is 13.9 Å². The van der Waals surface area contributed by atoms with Crippen LogP contribution in [0.4, 0.5) is 11.4 Å². The number of nitrogens with one attached hydrogen (secondary N) is 1. The highest BCUT2D eigenvalue weighted by atomic mass is 35.5. The molecule has 0 unspecified atom stereocenters. The van der Waals surface area contributed by atoms with Crippen molar-refractivity contribution in [1.29, 1.82) is 0 Å². The second-order valence-corrected chi connectivity index (χ2v) is 9.37. The van der Waals surface area contributed by atoms with E-state index in [0.29, 0.717) is 11.4 Å². The van der Waals surface area contributed by atoms with Crippen molar-refractivity contribution < 1.29 is 18.0 Å². The van der Waals surface area contributed by atoms with Crippen LogP contribution in [0.2, 0.25) is 5.02 Å². The third kappa shape index (κ3) is 5.79. The van der Waals surface area contributed by atoms with Gasteiger partial charge in [0.1, 0.15) is 0 Å². The summed E-state index contributed by atoms with van der Waals surface area (Å²) >= 11 is 6.23. The van der Waals surface area contributed by atoms with Gasteiger partial charge in [-0.25, -0.2) is 8.42 Å². The Hall–Kier alpha value is -3.62. The standard InChI is InChI=1S/C24H22ClN3O4S/c1-2-14-28(22-9-4-3-8-21(22)25)33(31,32)20-7-5-6-18(16-20)24(30)27-19-12-10-17(11-13-19)15-23(26)29/h2-13,16H,1,14-15H2,(H2,26,29)(H,27,30). The lowest BCUT2D eigenvalue weighted by Crippen LogP contribution is -2.31. The van der Waals surface area contributed by atoms with Crippen LogP contribution in [-0.2, 0) is 21.2 Å². The maximum absolute atomic E-state index is 13.4. The van der Waals surface area contributed by atoms with Crippen molar-refractivity contribution in [3.63, 3.8) is 0 Å². The number of carbonyl (C=O) groups is 2. The zero-order valence-electron chi connectivity index (χ0n) is 17.6. The van der Waals surface area contributed by atoms with E-state index in [1.54, 1.807) is 48.5 Å². The van der Waals surface area contributed by atoms with Crippen LogP contribution in [0.5, 0.6) is 0 Å². The Balaban J connectivity index is 1.87. The Morgan fingerprint density at radius 1 is 1.03 bits per heavy atom. The van der Waals surface area contributed by atoms with Crippen molar-refractivity contribution >= 4 is 44.8 Å². The number of rotatable bonds is 9. The van der Waals surface area contributed by atoms with E-state index in [2.05, 4.69) is 11.9 Å². The monoisotopic (exact) mass is 483 g/mol. The fourth-order valence-corrected chi connectivity index (χ4v) is 4.92. The number of nitrogens with zero attached hydrogens (tertiary/aromatic N) is 1. The first-order chi connectivity index (χ1) is 15.7. The van der Waals surface area contributed by atoms with E-state index in [4.69, 9.17) is 17.3 Å². The number of para-hydroxylation sites is 1. The van der Waals surface area contributed by atoms with Crippen LogP contribution in [0.1, 0.15) is 15.9 Å². The number of halogens is 1. The first kappa shape index (κ1) is 24.0.